The zero-order valence-electron chi connectivity index (χ0n) is 11.4. The SMILES string of the molecule is O=C(CNCc1cc(F)ccc1Br)NCc1ccccc1. The minimum Gasteiger partial charge on any atom is -0.351 e. The molecule has 0 aromatic heterocycles. The molecule has 2 aromatic carbocycles. The number of carbonyl (C=O) groups excluding carboxylic acids is 1. The number of carbonyl (C=O) groups is 1. The number of amides is 1. The van der Waals surface area contributed by atoms with E-state index in [2.05, 4.69) is 26.6 Å². The predicted molar refractivity (Wildman–Crippen MR) is 84.1 cm³/mol. The average Bonchev–Trinajstić information content (AvgIpc) is 2.50. The van der Waals surface area contributed by atoms with Crippen LogP contribution in [0.3, 0.4) is 0 Å². The maximum absolute atomic E-state index is 13.1. The van der Waals surface area contributed by atoms with Gasteiger partial charge >= 0.3 is 0 Å². The van der Waals surface area contributed by atoms with Gasteiger partial charge in [-0.3, -0.25) is 4.79 Å². The highest BCUT2D eigenvalue weighted by molar-refractivity contribution is 9.10. The molecule has 0 aliphatic carbocycles. The highest BCUT2D eigenvalue weighted by Crippen LogP contribution is 2.17. The summed E-state index contributed by atoms with van der Waals surface area (Å²) < 4.78 is 13.9. The van der Waals surface area contributed by atoms with E-state index in [4.69, 9.17) is 0 Å². The summed E-state index contributed by atoms with van der Waals surface area (Å²) in [4.78, 5) is 11.7. The Balaban J connectivity index is 1.73. The second-order valence-corrected chi connectivity index (χ2v) is 5.46. The third kappa shape index (κ3) is 5.28. The van der Waals surface area contributed by atoms with Gasteiger partial charge in [-0.15, -0.1) is 0 Å². The Morgan fingerprint density at radius 1 is 1.10 bits per heavy atom. The maximum atomic E-state index is 13.1. The number of rotatable bonds is 6. The molecule has 2 rings (SSSR count). The van der Waals surface area contributed by atoms with E-state index >= 15 is 0 Å². The van der Waals surface area contributed by atoms with Gasteiger partial charge in [0.1, 0.15) is 5.82 Å². The van der Waals surface area contributed by atoms with Crippen LogP contribution in [-0.2, 0) is 17.9 Å². The smallest absolute Gasteiger partial charge is 0.234 e. The van der Waals surface area contributed by atoms with Crippen molar-refractivity contribution in [3.8, 4) is 0 Å². The maximum Gasteiger partial charge on any atom is 0.234 e. The first-order chi connectivity index (χ1) is 10.1. The lowest BCUT2D eigenvalue weighted by Gasteiger charge is -2.08. The summed E-state index contributed by atoms with van der Waals surface area (Å²) in [7, 11) is 0. The zero-order chi connectivity index (χ0) is 15.1. The standard InChI is InChI=1S/C16H16BrFN2O/c17-15-7-6-14(18)8-13(15)10-19-11-16(21)20-9-12-4-2-1-3-5-12/h1-8,19H,9-11H2,(H,20,21). The van der Waals surface area contributed by atoms with E-state index < -0.39 is 0 Å². The molecule has 1 amide bonds. The predicted octanol–water partition coefficient (Wildman–Crippen LogP) is 2.99. The van der Waals surface area contributed by atoms with Gasteiger partial charge in [0.15, 0.2) is 0 Å². The van der Waals surface area contributed by atoms with Gasteiger partial charge in [0.25, 0.3) is 0 Å². The summed E-state index contributed by atoms with van der Waals surface area (Å²) in [5.74, 6) is -0.380. The van der Waals surface area contributed by atoms with Crippen LogP contribution in [0.5, 0.6) is 0 Å². The van der Waals surface area contributed by atoms with Crippen molar-refractivity contribution < 1.29 is 9.18 Å². The third-order valence-corrected chi connectivity index (χ3v) is 3.71. The van der Waals surface area contributed by atoms with Crippen LogP contribution in [0.4, 0.5) is 4.39 Å². The van der Waals surface area contributed by atoms with Crippen LogP contribution < -0.4 is 10.6 Å². The molecule has 0 bridgehead atoms. The fourth-order valence-corrected chi connectivity index (χ4v) is 2.24. The van der Waals surface area contributed by atoms with E-state index in [1.165, 1.54) is 12.1 Å². The zero-order valence-corrected chi connectivity index (χ0v) is 13.0. The fraction of sp³-hybridized carbons (Fsp3) is 0.188. The lowest BCUT2D eigenvalue weighted by molar-refractivity contribution is -0.120. The molecular weight excluding hydrogens is 335 g/mol. The van der Waals surface area contributed by atoms with Gasteiger partial charge in [0.2, 0.25) is 5.91 Å². The Morgan fingerprint density at radius 2 is 1.86 bits per heavy atom. The Morgan fingerprint density at radius 3 is 2.62 bits per heavy atom. The number of hydrogen-bond donors (Lipinski definition) is 2. The molecule has 0 atom stereocenters. The highest BCUT2D eigenvalue weighted by atomic mass is 79.9. The molecule has 0 unspecified atom stereocenters. The van der Waals surface area contributed by atoms with Crippen molar-refractivity contribution in [3.05, 3.63) is 69.9 Å². The van der Waals surface area contributed by atoms with Gasteiger partial charge in [-0.25, -0.2) is 4.39 Å². The van der Waals surface area contributed by atoms with Crippen LogP contribution in [-0.4, -0.2) is 12.5 Å². The fourth-order valence-electron chi connectivity index (χ4n) is 1.85. The van der Waals surface area contributed by atoms with Gasteiger partial charge in [0.05, 0.1) is 6.54 Å². The molecule has 21 heavy (non-hydrogen) atoms. The van der Waals surface area contributed by atoms with Crippen LogP contribution in [0.15, 0.2) is 53.0 Å². The summed E-state index contributed by atoms with van der Waals surface area (Å²) in [6, 6.07) is 14.2. The number of halogens is 2. The second kappa shape index (κ2) is 7.90. The Kier molecular flexibility index (Phi) is 5.90. The van der Waals surface area contributed by atoms with Crippen molar-refractivity contribution in [2.45, 2.75) is 13.1 Å². The minimum absolute atomic E-state index is 0.0913. The summed E-state index contributed by atoms with van der Waals surface area (Å²) in [5, 5.41) is 5.82. The van der Waals surface area contributed by atoms with E-state index in [1.54, 1.807) is 6.07 Å². The van der Waals surface area contributed by atoms with E-state index in [9.17, 15) is 9.18 Å². The van der Waals surface area contributed by atoms with Gasteiger partial charge in [-0.2, -0.15) is 0 Å². The third-order valence-electron chi connectivity index (χ3n) is 2.94. The Bertz CT molecular complexity index is 604. The molecule has 0 heterocycles. The van der Waals surface area contributed by atoms with Crippen molar-refractivity contribution in [2.24, 2.45) is 0 Å². The second-order valence-electron chi connectivity index (χ2n) is 4.60. The van der Waals surface area contributed by atoms with Crippen LogP contribution in [0.2, 0.25) is 0 Å². The van der Waals surface area contributed by atoms with E-state index in [0.717, 1.165) is 15.6 Å². The topological polar surface area (TPSA) is 41.1 Å². The molecule has 0 fully saturated rings. The molecule has 0 spiro atoms. The number of benzene rings is 2. The number of hydrogen-bond acceptors (Lipinski definition) is 2. The molecule has 0 saturated carbocycles. The van der Waals surface area contributed by atoms with Crippen molar-refractivity contribution >= 4 is 21.8 Å². The Hall–Kier alpha value is -1.72. The molecule has 0 radical (unpaired) electrons. The Labute approximate surface area is 131 Å². The molecule has 3 nitrogen and oxygen atoms in total. The first kappa shape index (κ1) is 15.7. The quantitative estimate of drug-likeness (QED) is 0.840. The lowest BCUT2D eigenvalue weighted by Crippen LogP contribution is -2.33. The first-order valence-electron chi connectivity index (χ1n) is 6.60. The largest absolute Gasteiger partial charge is 0.351 e. The van der Waals surface area contributed by atoms with Crippen molar-refractivity contribution in [1.82, 2.24) is 10.6 Å². The molecule has 110 valence electrons. The van der Waals surface area contributed by atoms with Crippen LogP contribution in [0, 0.1) is 5.82 Å². The molecule has 0 aliphatic rings. The van der Waals surface area contributed by atoms with Crippen molar-refractivity contribution in [2.75, 3.05) is 6.54 Å². The summed E-state index contributed by atoms with van der Waals surface area (Å²) in [6.07, 6.45) is 0. The monoisotopic (exact) mass is 350 g/mol. The van der Waals surface area contributed by atoms with Crippen LogP contribution in [0.1, 0.15) is 11.1 Å². The normalized spacial score (nSPS) is 10.4. The van der Waals surface area contributed by atoms with Gasteiger partial charge < -0.3 is 10.6 Å². The summed E-state index contributed by atoms with van der Waals surface area (Å²) in [5.41, 5.74) is 1.84. The minimum atomic E-state index is -0.288. The van der Waals surface area contributed by atoms with Gasteiger partial charge in [0, 0.05) is 17.6 Å². The van der Waals surface area contributed by atoms with E-state index in [-0.39, 0.29) is 18.3 Å². The van der Waals surface area contributed by atoms with Crippen molar-refractivity contribution in [1.29, 1.82) is 0 Å². The van der Waals surface area contributed by atoms with Gasteiger partial charge in [-0.05, 0) is 29.3 Å². The van der Waals surface area contributed by atoms with Crippen LogP contribution >= 0.6 is 15.9 Å². The van der Waals surface area contributed by atoms with Crippen LogP contribution in [0.25, 0.3) is 0 Å². The molecule has 0 saturated heterocycles. The molecular formula is C16H16BrFN2O. The van der Waals surface area contributed by atoms with Crippen molar-refractivity contribution in [3.63, 3.8) is 0 Å². The highest BCUT2D eigenvalue weighted by Gasteiger charge is 2.04. The first-order valence-corrected chi connectivity index (χ1v) is 7.40. The van der Waals surface area contributed by atoms with Gasteiger partial charge in [-0.1, -0.05) is 46.3 Å². The lowest BCUT2D eigenvalue weighted by atomic mass is 10.2. The average molecular weight is 351 g/mol. The number of nitrogens with one attached hydrogen (secondary N) is 2. The van der Waals surface area contributed by atoms with E-state index in [1.807, 2.05) is 30.3 Å². The summed E-state index contributed by atoms with van der Waals surface area (Å²) in [6.45, 7) is 1.12. The van der Waals surface area contributed by atoms with E-state index in [0.29, 0.717) is 13.1 Å². The molecule has 2 N–H and O–H groups in total. The molecule has 2 aromatic rings. The molecule has 5 heteroatoms. The summed E-state index contributed by atoms with van der Waals surface area (Å²) >= 11 is 3.35. The molecule has 0 aliphatic heterocycles.